The average molecular weight is 304 g/mol. The van der Waals surface area contributed by atoms with E-state index in [1.165, 1.54) is 6.20 Å². The molecule has 2 N–H and O–H groups in total. The highest BCUT2D eigenvalue weighted by Gasteiger charge is 2.31. The quantitative estimate of drug-likeness (QED) is 0.650. The molecule has 2 aromatic rings. The van der Waals surface area contributed by atoms with E-state index in [-0.39, 0.29) is 17.9 Å². The minimum absolute atomic E-state index is 0.151. The van der Waals surface area contributed by atoms with Crippen LogP contribution in [0.1, 0.15) is 12.8 Å². The second-order valence-electron chi connectivity index (χ2n) is 5.34. The molecule has 0 unspecified atom stereocenters. The molecule has 0 saturated carbocycles. The maximum absolute atomic E-state index is 11.2. The molecule has 0 aromatic carbocycles. The van der Waals surface area contributed by atoms with Crippen LogP contribution >= 0.6 is 0 Å². The van der Waals surface area contributed by atoms with Gasteiger partial charge in [-0.2, -0.15) is 0 Å². The van der Waals surface area contributed by atoms with Gasteiger partial charge in [0.1, 0.15) is 17.4 Å². The fourth-order valence-corrected chi connectivity index (χ4v) is 2.50. The van der Waals surface area contributed by atoms with Crippen molar-refractivity contribution < 1.29 is 14.8 Å². The maximum atomic E-state index is 11.2. The minimum atomic E-state index is -0.934. The van der Waals surface area contributed by atoms with Gasteiger partial charge < -0.3 is 15.2 Å². The topological polar surface area (TPSA) is 110 Å². The van der Waals surface area contributed by atoms with Crippen LogP contribution in [-0.4, -0.2) is 45.4 Å². The third-order valence-electron chi connectivity index (χ3n) is 3.82. The first-order chi connectivity index (χ1) is 10.6. The Morgan fingerprint density at radius 3 is 2.91 bits per heavy atom. The number of fused-ring (bicyclic) bond motifs is 1. The van der Waals surface area contributed by atoms with Crippen LogP contribution in [0.25, 0.3) is 11.0 Å². The number of nitro groups is 1. The van der Waals surface area contributed by atoms with E-state index >= 15 is 0 Å². The highest BCUT2D eigenvalue weighted by molar-refractivity contribution is 5.92. The fourth-order valence-electron chi connectivity index (χ4n) is 2.50. The van der Waals surface area contributed by atoms with E-state index in [0.29, 0.717) is 37.1 Å². The van der Waals surface area contributed by atoms with Gasteiger partial charge in [0.15, 0.2) is 0 Å². The highest BCUT2D eigenvalue weighted by atomic mass is 16.6. The molecule has 1 fully saturated rings. The summed E-state index contributed by atoms with van der Waals surface area (Å²) in [7, 11) is 0. The Bertz CT molecular complexity index is 700. The molecule has 8 nitrogen and oxygen atoms in total. The summed E-state index contributed by atoms with van der Waals surface area (Å²) in [6.07, 6.45) is 3.75. The number of anilines is 1. The molecule has 1 aliphatic rings. The minimum Gasteiger partial charge on any atom is -0.388 e. The van der Waals surface area contributed by atoms with Gasteiger partial charge in [-0.15, -0.1) is 0 Å². The summed E-state index contributed by atoms with van der Waals surface area (Å²) in [6.45, 7) is 1.16. The molecule has 1 aliphatic heterocycles. The number of hydrogen-bond acceptors (Lipinski definition) is 7. The van der Waals surface area contributed by atoms with E-state index in [9.17, 15) is 15.2 Å². The van der Waals surface area contributed by atoms with Crippen LogP contribution in [0.4, 0.5) is 11.4 Å². The number of pyridine rings is 2. The lowest BCUT2D eigenvalue weighted by molar-refractivity contribution is -0.384. The summed E-state index contributed by atoms with van der Waals surface area (Å²) in [5.74, 6) is 0. The molecular formula is C14H16N4O4. The SMILES string of the molecule is O=[N+]([O-])c1cnc2cccnc2c1NCC1(O)CCOCC1. The second kappa shape index (κ2) is 5.82. The van der Waals surface area contributed by atoms with Crippen molar-refractivity contribution in [3.05, 3.63) is 34.6 Å². The predicted molar refractivity (Wildman–Crippen MR) is 79.7 cm³/mol. The zero-order chi connectivity index (χ0) is 15.6. The number of hydrogen-bond donors (Lipinski definition) is 2. The Morgan fingerprint density at radius 1 is 1.41 bits per heavy atom. The molecule has 0 spiro atoms. The first-order valence-electron chi connectivity index (χ1n) is 7.01. The fraction of sp³-hybridized carbons (Fsp3) is 0.429. The number of aliphatic hydroxyl groups is 1. The van der Waals surface area contributed by atoms with E-state index in [1.54, 1.807) is 18.3 Å². The summed E-state index contributed by atoms with van der Waals surface area (Å²) in [4.78, 5) is 18.9. The van der Waals surface area contributed by atoms with E-state index in [2.05, 4.69) is 15.3 Å². The van der Waals surface area contributed by atoms with Crippen molar-refractivity contribution in [2.24, 2.45) is 0 Å². The summed E-state index contributed by atoms with van der Waals surface area (Å²) < 4.78 is 5.23. The van der Waals surface area contributed by atoms with Crippen molar-refractivity contribution in [2.45, 2.75) is 18.4 Å². The van der Waals surface area contributed by atoms with Crippen LogP contribution in [0.5, 0.6) is 0 Å². The molecule has 1 saturated heterocycles. The Labute approximate surface area is 126 Å². The molecule has 0 amide bonds. The lowest BCUT2D eigenvalue weighted by Gasteiger charge is -2.32. The van der Waals surface area contributed by atoms with Gasteiger partial charge in [-0.1, -0.05) is 0 Å². The van der Waals surface area contributed by atoms with Crippen LogP contribution in [0.2, 0.25) is 0 Å². The molecule has 0 aliphatic carbocycles. The molecule has 0 bridgehead atoms. The number of nitrogens with one attached hydrogen (secondary N) is 1. The third-order valence-corrected chi connectivity index (χ3v) is 3.82. The third kappa shape index (κ3) is 2.83. The van der Waals surface area contributed by atoms with Gasteiger partial charge in [-0.05, 0) is 12.1 Å². The lowest BCUT2D eigenvalue weighted by atomic mass is 9.94. The van der Waals surface area contributed by atoms with Gasteiger partial charge in [-0.3, -0.25) is 15.1 Å². The second-order valence-corrected chi connectivity index (χ2v) is 5.34. The zero-order valence-corrected chi connectivity index (χ0v) is 11.9. The Balaban J connectivity index is 1.94. The molecule has 3 heterocycles. The largest absolute Gasteiger partial charge is 0.388 e. The summed E-state index contributed by atoms with van der Waals surface area (Å²) in [5.41, 5.74) is 0.190. The predicted octanol–water partition coefficient (Wildman–Crippen LogP) is 1.49. The monoisotopic (exact) mass is 304 g/mol. The molecule has 8 heteroatoms. The molecule has 22 heavy (non-hydrogen) atoms. The van der Waals surface area contributed by atoms with Crippen molar-refractivity contribution >= 4 is 22.4 Å². The van der Waals surface area contributed by atoms with Gasteiger partial charge >= 0.3 is 5.69 Å². The van der Waals surface area contributed by atoms with Crippen molar-refractivity contribution in [1.82, 2.24) is 9.97 Å². The first kappa shape index (κ1) is 14.6. The van der Waals surface area contributed by atoms with E-state index in [1.807, 2.05) is 0 Å². The van der Waals surface area contributed by atoms with E-state index in [4.69, 9.17) is 4.74 Å². The lowest BCUT2D eigenvalue weighted by Crippen LogP contribution is -2.42. The number of nitrogens with zero attached hydrogens (tertiary/aromatic N) is 3. The van der Waals surface area contributed by atoms with Crippen molar-refractivity contribution in [3.63, 3.8) is 0 Å². The summed E-state index contributed by atoms with van der Waals surface area (Å²) in [5, 5.41) is 24.7. The van der Waals surface area contributed by atoms with E-state index in [0.717, 1.165) is 0 Å². The van der Waals surface area contributed by atoms with Gasteiger partial charge in [0.05, 0.1) is 16.0 Å². The molecule has 116 valence electrons. The Kier molecular flexibility index (Phi) is 3.86. The molecule has 2 aromatic heterocycles. The summed E-state index contributed by atoms with van der Waals surface area (Å²) >= 11 is 0. The molecule has 0 radical (unpaired) electrons. The van der Waals surface area contributed by atoms with E-state index < -0.39 is 10.5 Å². The van der Waals surface area contributed by atoms with Crippen LogP contribution in [-0.2, 0) is 4.74 Å². The van der Waals surface area contributed by atoms with Gasteiger partial charge in [0.2, 0.25) is 0 Å². The van der Waals surface area contributed by atoms with Crippen molar-refractivity contribution in [3.8, 4) is 0 Å². The normalized spacial score (nSPS) is 17.3. The highest BCUT2D eigenvalue weighted by Crippen LogP contribution is 2.31. The zero-order valence-electron chi connectivity index (χ0n) is 11.9. The molecule has 3 rings (SSSR count). The standard InChI is InChI=1S/C14H16N4O4/c19-14(3-6-22-7-4-14)9-17-13-11(18(20)21)8-16-10-2-1-5-15-12(10)13/h1-2,5,8,19H,3-4,6-7,9H2,(H,16,17). The smallest absolute Gasteiger partial charge is 0.312 e. The van der Waals surface area contributed by atoms with Crippen LogP contribution in [0.15, 0.2) is 24.5 Å². The Hall–Kier alpha value is -2.32. The van der Waals surface area contributed by atoms with Crippen molar-refractivity contribution in [2.75, 3.05) is 25.1 Å². The number of aromatic nitrogens is 2. The van der Waals surface area contributed by atoms with Crippen molar-refractivity contribution in [1.29, 1.82) is 0 Å². The van der Waals surface area contributed by atoms with Gasteiger partial charge in [0, 0.05) is 38.8 Å². The Morgan fingerprint density at radius 2 is 2.18 bits per heavy atom. The average Bonchev–Trinajstić information content (AvgIpc) is 2.53. The van der Waals surface area contributed by atoms with Crippen LogP contribution in [0.3, 0.4) is 0 Å². The first-order valence-corrected chi connectivity index (χ1v) is 7.01. The number of rotatable bonds is 4. The van der Waals surface area contributed by atoms with Gasteiger partial charge in [0.25, 0.3) is 0 Å². The van der Waals surface area contributed by atoms with Gasteiger partial charge in [-0.25, -0.2) is 4.98 Å². The molecule has 0 atom stereocenters. The summed E-state index contributed by atoms with van der Waals surface area (Å²) in [6, 6.07) is 3.46. The maximum Gasteiger partial charge on any atom is 0.312 e. The van der Waals surface area contributed by atoms with Crippen LogP contribution < -0.4 is 5.32 Å². The molecular weight excluding hydrogens is 288 g/mol. The number of ether oxygens (including phenoxy) is 1. The van der Waals surface area contributed by atoms with Crippen LogP contribution in [0, 0.1) is 10.1 Å².